The van der Waals surface area contributed by atoms with Crippen LogP contribution in [0.5, 0.6) is 5.75 Å². The number of hydrogen-bond donors (Lipinski definition) is 1. The molecule has 14 heavy (non-hydrogen) atoms. The number of rotatable bonds is 2. The molecule has 70 valence electrons. The average molecular weight is 189 g/mol. The van der Waals surface area contributed by atoms with Gasteiger partial charge < -0.3 is 5.11 Å². The standard InChI is InChI=1S/C10H7NO3/c1-6(13)9-2-7(4-11)10(14)3-8(9)5-12/h2-3,5,14H,1H3. The van der Waals surface area contributed by atoms with E-state index in [0.29, 0.717) is 6.29 Å². The van der Waals surface area contributed by atoms with Gasteiger partial charge in [0.05, 0.1) is 5.56 Å². The quantitative estimate of drug-likeness (QED) is 0.561. The summed E-state index contributed by atoms with van der Waals surface area (Å²) < 4.78 is 0. The topological polar surface area (TPSA) is 78.2 Å². The van der Waals surface area contributed by atoms with Gasteiger partial charge in [-0.2, -0.15) is 5.26 Å². The Hall–Kier alpha value is -2.15. The van der Waals surface area contributed by atoms with E-state index in [2.05, 4.69) is 0 Å². The number of phenols is 1. The summed E-state index contributed by atoms with van der Waals surface area (Å²) in [5, 5.41) is 17.8. The Morgan fingerprint density at radius 3 is 2.64 bits per heavy atom. The lowest BCUT2D eigenvalue weighted by molar-refractivity contribution is 0.100. The van der Waals surface area contributed by atoms with E-state index in [-0.39, 0.29) is 28.2 Å². The molecule has 4 nitrogen and oxygen atoms in total. The SMILES string of the molecule is CC(=O)c1cc(C#N)c(O)cc1C=O. The molecule has 0 radical (unpaired) electrons. The molecule has 0 fully saturated rings. The zero-order chi connectivity index (χ0) is 10.7. The van der Waals surface area contributed by atoms with Gasteiger partial charge in [-0.15, -0.1) is 0 Å². The van der Waals surface area contributed by atoms with E-state index >= 15 is 0 Å². The zero-order valence-electron chi connectivity index (χ0n) is 7.44. The van der Waals surface area contributed by atoms with Gasteiger partial charge in [0.2, 0.25) is 0 Å². The summed E-state index contributed by atoms with van der Waals surface area (Å²) in [6.45, 7) is 1.29. The van der Waals surface area contributed by atoms with E-state index in [4.69, 9.17) is 5.26 Å². The van der Waals surface area contributed by atoms with Crippen molar-refractivity contribution < 1.29 is 14.7 Å². The summed E-state index contributed by atoms with van der Waals surface area (Å²) in [6.07, 6.45) is 0.470. The second-order valence-electron chi connectivity index (χ2n) is 2.74. The molecule has 0 spiro atoms. The summed E-state index contributed by atoms with van der Waals surface area (Å²) in [5.74, 6) is -0.608. The summed E-state index contributed by atoms with van der Waals surface area (Å²) >= 11 is 0. The third-order valence-electron chi connectivity index (χ3n) is 1.79. The molecule has 0 bridgehead atoms. The van der Waals surface area contributed by atoms with Crippen molar-refractivity contribution in [1.82, 2.24) is 0 Å². The van der Waals surface area contributed by atoms with E-state index in [1.807, 2.05) is 0 Å². The molecule has 0 aliphatic heterocycles. The van der Waals surface area contributed by atoms with Gasteiger partial charge in [0.15, 0.2) is 12.1 Å². The minimum atomic E-state index is -0.316. The normalized spacial score (nSPS) is 9.14. The van der Waals surface area contributed by atoms with Crippen LogP contribution in [0.15, 0.2) is 12.1 Å². The third-order valence-corrected chi connectivity index (χ3v) is 1.79. The van der Waals surface area contributed by atoms with Crippen LogP contribution in [0.2, 0.25) is 0 Å². The first-order chi connectivity index (χ1) is 6.60. The van der Waals surface area contributed by atoms with Crippen LogP contribution in [0.4, 0.5) is 0 Å². The lowest BCUT2D eigenvalue weighted by atomic mass is 10.0. The van der Waals surface area contributed by atoms with Gasteiger partial charge in [-0.1, -0.05) is 0 Å². The van der Waals surface area contributed by atoms with Crippen molar-refractivity contribution in [3.63, 3.8) is 0 Å². The fraction of sp³-hybridized carbons (Fsp3) is 0.100. The van der Waals surface area contributed by atoms with Crippen molar-refractivity contribution in [3.05, 3.63) is 28.8 Å². The first-order valence-corrected chi connectivity index (χ1v) is 3.83. The second-order valence-corrected chi connectivity index (χ2v) is 2.74. The Labute approximate surface area is 80.4 Å². The molecular weight excluding hydrogens is 182 g/mol. The van der Waals surface area contributed by atoms with E-state index in [1.165, 1.54) is 13.0 Å². The van der Waals surface area contributed by atoms with Crippen molar-refractivity contribution in [3.8, 4) is 11.8 Å². The molecule has 0 aliphatic rings. The van der Waals surface area contributed by atoms with Crippen LogP contribution in [0.25, 0.3) is 0 Å². The highest BCUT2D eigenvalue weighted by Crippen LogP contribution is 2.21. The van der Waals surface area contributed by atoms with Crippen LogP contribution < -0.4 is 0 Å². The number of aldehydes is 1. The van der Waals surface area contributed by atoms with Crippen LogP contribution in [0, 0.1) is 11.3 Å². The van der Waals surface area contributed by atoms with Gasteiger partial charge in [-0.3, -0.25) is 9.59 Å². The molecule has 1 aromatic rings. The molecule has 0 saturated heterocycles. The summed E-state index contributed by atoms with van der Waals surface area (Å²) in [4.78, 5) is 21.6. The molecule has 0 heterocycles. The van der Waals surface area contributed by atoms with Gasteiger partial charge in [0.25, 0.3) is 0 Å². The fourth-order valence-corrected chi connectivity index (χ4v) is 1.10. The smallest absolute Gasteiger partial charge is 0.160 e. The summed E-state index contributed by atoms with van der Waals surface area (Å²) in [6, 6.07) is 4.05. The molecule has 0 aromatic heterocycles. The minimum absolute atomic E-state index is 0.0131. The third kappa shape index (κ3) is 1.62. The van der Waals surface area contributed by atoms with Gasteiger partial charge in [0.1, 0.15) is 11.8 Å². The van der Waals surface area contributed by atoms with Crippen molar-refractivity contribution in [2.24, 2.45) is 0 Å². The maximum absolute atomic E-state index is 11.1. The van der Waals surface area contributed by atoms with E-state index in [0.717, 1.165) is 6.07 Å². The molecule has 0 saturated carbocycles. The van der Waals surface area contributed by atoms with E-state index < -0.39 is 0 Å². The number of carbonyl (C=O) groups excluding carboxylic acids is 2. The predicted molar refractivity (Wildman–Crippen MR) is 48.2 cm³/mol. The number of ketones is 1. The van der Waals surface area contributed by atoms with Gasteiger partial charge >= 0.3 is 0 Å². The van der Waals surface area contributed by atoms with Crippen molar-refractivity contribution in [2.75, 3.05) is 0 Å². The molecule has 1 aromatic carbocycles. The van der Waals surface area contributed by atoms with Crippen LogP contribution in [0.3, 0.4) is 0 Å². The molecule has 0 atom stereocenters. The molecule has 0 aliphatic carbocycles. The average Bonchev–Trinajstić information content (AvgIpc) is 2.16. The lowest BCUT2D eigenvalue weighted by Crippen LogP contribution is -1.99. The molecular formula is C10H7NO3. The molecule has 4 heteroatoms. The highest BCUT2D eigenvalue weighted by Gasteiger charge is 2.11. The second kappa shape index (κ2) is 3.71. The molecule has 0 unspecified atom stereocenters. The Balaban J connectivity index is 3.49. The number of carbonyl (C=O) groups is 2. The number of phenolic OH excluding ortho intramolecular Hbond substituents is 1. The largest absolute Gasteiger partial charge is 0.507 e. The monoisotopic (exact) mass is 189 g/mol. The van der Waals surface area contributed by atoms with Gasteiger partial charge in [-0.05, 0) is 19.1 Å². The fourth-order valence-electron chi connectivity index (χ4n) is 1.10. The molecule has 1 N–H and O–H groups in total. The van der Waals surface area contributed by atoms with Gasteiger partial charge in [-0.25, -0.2) is 0 Å². The Kier molecular flexibility index (Phi) is 2.63. The zero-order valence-corrected chi connectivity index (χ0v) is 7.44. The van der Waals surface area contributed by atoms with E-state index in [1.54, 1.807) is 6.07 Å². The number of nitrogens with zero attached hydrogens (tertiary/aromatic N) is 1. The maximum atomic E-state index is 11.1. The first kappa shape index (κ1) is 9.93. The van der Waals surface area contributed by atoms with Crippen molar-refractivity contribution in [2.45, 2.75) is 6.92 Å². The maximum Gasteiger partial charge on any atom is 0.160 e. The van der Waals surface area contributed by atoms with Crippen molar-refractivity contribution >= 4 is 12.1 Å². The van der Waals surface area contributed by atoms with Crippen LogP contribution in [-0.4, -0.2) is 17.2 Å². The minimum Gasteiger partial charge on any atom is -0.507 e. The highest BCUT2D eigenvalue weighted by molar-refractivity contribution is 6.02. The number of nitriles is 1. The Morgan fingerprint density at radius 2 is 2.21 bits per heavy atom. The Bertz CT molecular complexity index is 443. The number of hydrogen-bond acceptors (Lipinski definition) is 4. The van der Waals surface area contributed by atoms with Crippen LogP contribution >= 0.6 is 0 Å². The van der Waals surface area contributed by atoms with Gasteiger partial charge in [0, 0.05) is 11.1 Å². The molecule has 1 rings (SSSR count). The van der Waals surface area contributed by atoms with E-state index in [9.17, 15) is 14.7 Å². The predicted octanol–water partition coefficient (Wildman–Crippen LogP) is 1.28. The highest BCUT2D eigenvalue weighted by atomic mass is 16.3. The molecule has 0 amide bonds. The van der Waals surface area contributed by atoms with Crippen LogP contribution in [-0.2, 0) is 0 Å². The number of aromatic hydroxyl groups is 1. The Morgan fingerprint density at radius 1 is 1.57 bits per heavy atom. The number of benzene rings is 1. The summed E-state index contributed by atoms with van der Waals surface area (Å²) in [5.41, 5.74) is 0.226. The van der Waals surface area contributed by atoms with Crippen LogP contribution in [0.1, 0.15) is 33.2 Å². The number of Topliss-reactive ketones (excluding diaryl/α,β-unsaturated/α-hetero) is 1. The summed E-state index contributed by atoms with van der Waals surface area (Å²) in [7, 11) is 0. The van der Waals surface area contributed by atoms with Crippen molar-refractivity contribution in [1.29, 1.82) is 5.26 Å². The first-order valence-electron chi connectivity index (χ1n) is 3.83. The lowest BCUT2D eigenvalue weighted by Gasteiger charge is -2.02.